The molecule has 2 rings (SSSR count). The van der Waals surface area contributed by atoms with E-state index in [1.54, 1.807) is 6.20 Å². The normalized spacial score (nSPS) is 10.7. The lowest BCUT2D eigenvalue weighted by atomic mass is 10.2. The van der Waals surface area contributed by atoms with Gasteiger partial charge in [0, 0.05) is 18.3 Å². The molecule has 0 amide bonds. The SMILES string of the molecule is Cc1cnc(Cl)c(NCc2ccccc2OC(C)C)c1. The number of benzene rings is 1. The van der Waals surface area contributed by atoms with Gasteiger partial charge in [-0.15, -0.1) is 0 Å². The molecule has 2 aromatic rings. The van der Waals surface area contributed by atoms with Gasteiger partial charge in [-0.3, -0.25) is 0 Å². The summed E-state index contributed by atoms with van der Waals surface area (Å²) in [6.07, 6.45) is 1.91. The van der Waals surface area contributed by atoms with Crippen molar-refractivity contribution < 1.29 is 4.74 Å². The van der Waals surface area contributed by atoms with Crippen molar-refractivity contribution in [1.29, 1.82) is 0 Å². The van der Waals surface area contributed by atoms with Crippen molar-refractivity contribution in [2.75, 3.05) is 5.32 Å². The first kappa shape index (κ1) is 14.7. The van der Waals surface area contributed by atoms with Gasteiger partial charge in [0.05, 0.1) is 11.8 Å². The number of para-hydroxylation sites is 1. The first-order chi connectivity index (χ1) is 9.56. The highest BCUT2D eigenvalue weighted by Crippen LogP contribution is 2.24. The van der Waals surface area contributed by atoms with Gasteiger partial charge < -0.3 is 10.1 Å². The molecule has 0 saturated carbocycles. The Morgan fingerprint density at radius 3 is 2.80 bits per heavy atom. The van der Waals surface area contributed by atoms with Crippen LogP contribution in [-0.2, 0) is 6.54 Å². The minimum Gasteiger partial charge on any atom is -0.491 e. The van der Waals surface area contributed by atoms with E-state index in [9.17, 15) is 0 Å². The van der Waals surface area contributed by atoms with E-state index < -0.39 is 0 Å². The summed E-state index contributed by atoms with van der Waals surface area (Å²) < 4.78 is 5.80. The van der Waals surface area contributed by atoms with Crippen molar-refractivity contribution in [3.8, 4) is 5.75 Å². The molecule has 3 nitrogen and oxygen atoms in total. The molecule has 0 unspecified atom stereocenters. The Morgan fingerprint density at radius 2 is 2.05 bits per heavy atom. The van der Waals surface area contributed by atoms with Crippen LogP contribution in [0.4, 0.5) is 5.69 Å². The largest absolute Gasteiger partial charge is 0.491 e. The van der Waals surface area contributed by atoms with E-state index in [0.717, 1.165) is 22.6 Å². The summed E-state index contributed by atoms with van der Waals surface area (Å²) in [4.78, 5) is 4.13. The van der Waals surface area contributed by atoms with Gasteiger partial charge in [0.2, 0.25) is 0 Å². The maximum atomic E-state index is 6.08. The highest BCUT2D eigenvalue weighted by Gasteiger charge is 2.06. The van der Waals surface area contributed by atoms with E-state index in [2.05, 4.69) is 10.3 Å². The number of rotatable bonds is 5. The second kappa shape index (κ2) is 6.62. The predicted octanol–water partition coefficient (Wildman–Crippen LogP) is 4.44. The summed E-state index contributed by atoms with van der Waals surface area (Å²) in [5.41, 5.74) is 3.01. The van der Waals surface area contributed by atoms with Crippen LogP contribution in [0.5, 0.6) is 5.75 Å². The van der Waals surface area contributed by atoms with E-state index in [1.165, 1.54) is 0 Å². The van der Waals surface area contributed by atoms with Crippen molar-refractivity contribution in [3.05, 3.63) is 52.8 Å². The van der Waals surface area contributed by atoms with Crippen molar-refractivity contribution in [1.82, 2.24) is 4.98 Å². The van der Waals surface area contributed by atoms with Crippen LogP contribution in [0, 0.1) is 6.92 Å². The number of ether oxygens (including phenoxy) is 1. The highest BCUT2D eigenvalue weighted by molar-refractivity contribution is 6.31. The minimum absolute atomic E-state index is 0.153. The molecule has 0 aliphatic rings. The Morgan fingerprint density at radius 1 is 1.30 bits per heavy atom. The van der Waals surface area contributed by atoms with Gasteiger partial charge in [-0.25, -0.2) is 4.98 Å². The molecule has 0 saturated heterocycles. The fraction of sp³-hybridized carbons (Fsp3) is 0.312. The van der Waals surface area contributed by atoms with Crippen molar-refractivity contribution >= 4 is 17.3 Å². The first-order valence-electron chi connectivity index (χ1n) is 6.67. The van der Waals surface area contributed by atoms with Crippen molar-refractivity contribution in [2.45, 2.75) is 33.4 Å². The van der Waals surface area contributed by atoms with E-state index in [4.69, 9.17) is 16.3 Å². The smallest absolute Gasteiger partial charge is 0.152 e. The number of nitrogens with one attached hydrogen (secondary N) is 1. The molecule has 1 heterocycles. The fourth-order valence-electron chi connectivity index (χ4n) is 1.89. The Balaban J connectivity index is 2.12. The second-order valence-electron chi connectivity index (χ2n) is 4.98. The van der Waals surface area contributed by atoms with Crippen LogP contribution in [0.3, 0.4) is 0 Å². The molecule has 1 aromatic carbocycles. The molecule has 1 aromatic heterocycles. The fourth-order valence-corrected chi connectivity index (χ4v) is 2.06. The third-order valence-electron chi connectivity index (χ3n) is 2.78. The van der Waals surface area contributed by atoms with E-state index in [1.807, 2.05) is 51.1 Å². The summed E-state index contributed by atoms with van der Waals surface area (Å²) in [5.74, 6) is 0.895. The molecule has 0 aliphatic carbocycles. The Labute approximate surface area is 124 Å². The maximum absolute atomic E-state index is 6.08. The molecule has 20 heavy (non-hydrogen) atoms. The summed E-state index contributed by atoms with van der Waals surface area (Å²) >= 11 is 6.08. The Hall–Kier alpha value is -1.74. The predicted molar refractivity (Wildman–Crippen MR) is 83.5 cm³/mol. The van der Waals surface area contributed by atoms with Gasteiger partial charge >= 0.3 is 0 Å². The lowest BCUT2D eigenvalue weighted by Gasteiger charge is -2.15. The van der Waals surface area contributed by atoms with Crippen molar-refractivity contribution in [2.24, 2.45) is 0 Å². The summed E-state index contributed by atoms with van der Waals surface area (Å²) in [5, 5.41) is 3.79. The van der Waals surface area contributed by atoms with Crippen LogP contribution < -0.4 is 10.1 Å². The monoisotopic (exact) mass is 290 g/mol. The van der Waals surface area contributed by atoms with Crippen LogP contribution in [0.25, 0.3) is 0 Å². The zero-order valence-corrected chi connectivity index (χ0v) is 12.7. The molecule has 0 radical (unpaired) electrons. The van der Waals surface area contributed by atoms with E-state index in [-0.39, 0.29) is 6.10 Å². The quantitative estimate of drug-likeness (QED) is 0.827. The number of hydrogen-bond donors (Lipinski definition) is 1. The molecule has 0 spiro atoms. The lowest BCUT2D eigenvalue weighted by Crippen LogP contribution is -2.09. The molecular weight excluding hydrogens is 272 g/mol. The van der Waals surface area contributed by atoms with Crippen LogP contribution in [0.15, 0.2) is 36.5 Å². The van der Waals surface area contributed by atoms with Crippen LogP contribution in [0.2, 0.25) is 5.15 Å². The molecule has 4 heteroatoms. The van der Waals surface area contributed by atoms with E-state index >= 15 is 0 Å². The van der Waals surface area contributed by atoms with Crippen LogP contribution in [-0.4, -0.2) is 11.1 Å². The third kappa shape index (κ3) is 3.87. The zero-order chi connectivity index (χ0) is 14.5. The van der Waals surface area contributed by atoms with Gasteiger partial charge in [0.15, 0.2) is 5.15 Å². The number of anilines is 1. The van der Waals surface area contributed by atoms with Gasteiger partial charge in [0.25, 0.3) is 0 Å². The average molecular weight is 291 g/mol. The number of aryl methyl sites for hydroxylation is 1. The summed E-state index contributed by atoms with van der Waals surface area (Å²) in [6.45, 7) is 6.68. The summed E-state index contributed by atoms with van der Waals surface area (Å²) in [7, 11) is 0. The van der Waals surface area contributed by atoms with Crippen LogP contribution >= 0.6 is 11.6 Å². The topological polar surface area (TPSA) is 34.2 Å². The number of aromatic nitrogens is 1. The molecule has 0 aliphatic heterocycles. The number of nitrogens with zero attached hydrogens (tertiary/aromatic N) is 1. The lowest BCUT2D eigenvalue weighted by molar-refractivity contribution is 0.240. The van der Waals surface area contributed by atoms with Gasteiger partial charge in [0.1, 0.15) is 5.75 Å². The van der Waals surface area contributed by atoms with Gasteiger partial charge in [-0.2, -0.15) is 0 Å². The number of pyridine rings is 1. The highest BCUT2D eigenvalue weighted by atomic mass is 35.5. The standard InChI is InChI=1S/C16H19ClN2O/c1-11(2)20-15-7-5-4-6-13(15)10-18-14-8-12(3)9-19-16(14)17/h4-9,11,18H,10H2,1-3H3. The minimum atomic E-state index is 0.153. The first-order valence-corrected chi connectivity index (χ1v) is 7.04. The molecular formula is C16H19ClN2O. The number of halogens is 1. The third-order valence-corrected chi connectivity index (χ3v) is 3.08. The molecule has 0 fully saturated rings. The molecule has 106 valence electrons. The molecule has 1 N–H and O–H groups in total. The van der Waals surface area contributed by atoms with Crippen LogP contribution in [0.1, 0.15) is 25.0 Å². The Bertz CT molecular complexity index is 584. The molecule has 0 atom stereocenters. The Kier molecular flexibility index (Phi) is 4.85. The average Bonchev–Trinajstić information content (AvgIpc) is 2.41. The zero-order valence-electron chi connectivity index (χ0n) is 12.0. The van der Waals surface area contributed by atoms with Gasteiger partial charge in [-0.1, -0.05) is 29.8 Å². The number of hydrogen-bond acceptors (Lipinski definition) is 3. The molecule has 0 bridgehead atoms. The van der Waals surface area contributed by atoms with Gasteiger partial charge in [-0.05, 0) is 38.5 Å². The van der Waals surface area contributed by atoms with E-state index in [0.29, 0.717) is 11.7 Å². The second-order valence-corrected chi connectivity index (χ2v) is 5.34. The van der Waals surface area contributed by atoms with Crippen molar-refractivity contribution in [3.63, 3.8) is 0 Å². The maximum Gasteiger partial charge on any atom is 0.152 e. The summed E-state index contributed by atoms with van der Waals surface area (Å²) in [6, 6.07) is 9.99.